The van der Waals surface area contributed by atoms with Crippen LogP contribution in [0.15, 0.2) is 48.5 Å². The second kappa shape index (κ2) is 7.57. The van der Waals surface area contributed by atoms with Crippen molar-refractivity contribution in [3.8, 4) is 17.9 Å². The molecule has 0 aromatic heterocycles. The number of rotatable bonds is 6. The Hall–Kier alpha value is -2.98. The molecule has 4 heteroatoms. The summed E-state index contributed by atoms with van der Waals surface area (Å²) in [7, 11) is 0. The Balaban J connectivity index is 1.88. The van der Waals surface area contributed by atoms with Crippen molar-refractivity contribution in [1.82, 2.24) is 0 Å². The van der Waals surface area contributed by atoms with Crippen molar-refractivity contribution >= 4 is 5.69 Å². The third-order valence-electron chi connectivity index (χ3n) is 2.96. The average molecular weight is 277 g/mol. The van der Waals surface area contributed by atoms with Crippen LogP contribution in [-0.4, -0.2) is 6.61 Å². The Morgan fingerprint density at radius 1 is 0.857 bits per heavy atom. The van der Waals surface area contributed by atoms with Crippen molar-refractivity contribution < 1.29 is 4.74 Å². The van der Waals surface area contributed by atoms with Crippen LogP contribution in [0, 0.1) is 22.7 Å². The molecule has 2 aromatic carbocycles. The summed E-state index contributed by atoms with van der Waals surface area (Å²) in [5.74, 6) is 0.696. The van der Waals surface area contributed by atoms with Crippen molar-refractivity contribution in [3.05, 3.63) is 59.7 Å². The van der Waals surface area contributed by atoms with Gasteiger partial charge in [-0.25, -0.2) is 0 Å². The summed E-state index contributed by atoms with van der Waals surface area (Å²) in [4.78, 5) is 0. The van der Waals surface area contributed by atoms with E-state index in [0.29, 0.717) is 18.7 Å². The molecule has 0 aliphatic rings. The van der Waals surface area contributed by atoms with Gasteiger partial charge in [-0.1, -0.05) is 24.3 Å². The highest BCUT2D eigenvalue weighted by atomic mass is 16.5. The van der Waals surface area contributed by atoms with Gasteiger partial charge < -0.3 is 10.1 Å². The number of hydrogen-bond donors (Lipinski definition) is 1. The molecule has 4 nitrogen and oxygen atoms in total. The van der Waals surface area contributed by atoms with Crippen LogP contribution in [0.5, 0.6) is 5.75 Å². The summed E-state index contributed by atoms with van der Waals surface area (Å²) in [5, 5.41) is 20.4. The van der Waals surface area contributed by atoms with E-state index in [1.165, 1.54) is 0 Å². The molecule has 0 spiro atoms. The van der Waals surface area contributed by atoms with E-state index in [0.717, 1.165) is 16.8 Å². The Morgan fingerprint density at radius 3 is 2.14 bits per heavy atom. The fourth-order valence-corrected chi connectivity index (χ4v) is 1.85. The van der Waals surface area contributed by atoms with Gasteiger partial charge in [0.1, 0.15) is 11.8 Å². The van der Waals surface area contributed by atoms with Gasteiger partial charge in [0.15, 0.2) is 6.61 Å². The Labute approximate surface area is 124 Å². The molecule has 0 aliphatic heterocycles. The van der Waals surface area contributed by atoms with Gasteiger partial charge in [-0.05, 0) is 35.4 Å². The molecule has 0 aliphatic carbocycles. The van der Waals surface area contributed by atoms with E-state index in [1.54, 1.807) is 0 Å². The molecule has 2 rings (SSSR count). The maximum Gasteiger partial charge on any atom is 0.174 e. The third-order valence-corrected chi connectivity index (χ3v) is 2.96. The quantitative estimate of drug-likeness (QED) is 0.879. The highest BCUT2D eigenvalue weighted by Gasteiger charge is 1.97. The van der Waals surface area contributed by atoms with Crippen molar-refractivity contribution in [2.45, 2.75) is 13.0 Å². The van der Waals surface area contributed by atoms with Crippen molar-refractivity contribution in [2.24, 2.45) is 0 Å². The summed E-state index contributed by atoms with van der Waals surface area (Å²) < 4.78 is 5.20. The molecule has 0 saturated heterocycles. The first-order chi connectivity index (χ1) is 10.3. The zero-order chi connectivity index (χ0) is 14.9. The monoisotopic (exact) mass is 277 g/mol. The minimum atomic E-state index is 0.0621. The van der Waals surface area contributed by atoms with Gasteiger partial charge in [-0.15, -0.1) is 0 Å². The molecule has 0 saturated carbocycles. The van der Waals surface area contributed by atoms with Crippen LogP contribution in [0.2, 0.25) is 0 Å². The topological polar surface area (TPSA) is 68.8 Å². The highest BCUT2D eigenvalue weighted by Crippen LogP contribution is 2.15. The van der Waals surface area contributed by atoms with Gasteiger partial charge in [0.25, 0.3) is 0 Å². The fraction of sp³-hybridized carbons (Fsp3) is 0.176. The first-order valence-corrected chi connectivity index (χ1v) is 6.60. The number of nitrogens with zero attached hydrogens (tertiary/aromatic N) is 2. The molecule has 0 unspecified atom stereocenters. The smallest absolute Gasteiger partial charge is 0.174 e. The molecule has 0 amide bonds. The third kappa shape index (κ3) is 4.56. The van der Waals surface area contributed by atoms with E-state index in [9.17, 15) is 0 Å². The Kier molecular flexibility index (Phi) is 5.20. The van der Waals surface area contributed by atoms with E-state index in [4.69, 9.17) is 15.3 Å². The number of hydrogen-bond acceptors (Lipinski definition) is 4. The number of nitriles is 2. The normalized spacial score (nSPS) is 9.43. The Bertz CT molecular complexity index is 648. The SMILES string of the molecule is N#CCOc1ccc(CNc2ccc(CC#N)cc2)cc1. The minimum Gasteiger partial charge on any atom is -0.479 e. The van der Waals surface area contributed by atoms with Crippen molar-refractivity contribution in [3.63, 3.8) is 0 Å². The molecule has 0 bridgehead atoms. The molecule has 2 aromatic rings. The van der Waals surface area contributed by atoms with E-state index >= 15 is 0 Å². The van der Waals surface area contributed by atoms with Gasteiger partial charge in [0.2, 0.25) is 0 Å². The van der Waals surface area contributed by atoms with Crippen LogP contribution in [0.3, 0.4) is 0 Å². The van der Waals surface area contributed by atoms with E-state index in [2.05, 4.69) is 11.4 Å². The molecular formula is C17H15N3O. The molecule has 104 valence electrons. The van der Waals surface area contributed by atoms with Crippen LogP contribution >= 0.6 is 0 Å². The summed E-state index contributed by atoms with van der Waals surface area (Å²) in [6, 6.07) is 19.5. The zero-order valence-electron chi connectivity index (χ0n) is 11.5. The van der Waals surface area contributed by atoms with E-state index < -0.39 is 0 Å². The standard InChI is InChI=1S/C17H15N3O/c18-10-9-14-1-5-16(6-2-14)20-13-15-3-7-17(8-4-15)21-12-11-19/h1-8,20H,9,12-13H2. The lowest BCUT2D eigenvalue weighted by molar-refractivity contribution is 0.368. The lowest BCUT2D eigenvalue weighted by Gasteiger charge is -2.08. The summed E-state index contributed by atoms with van der Waals surface area (Å²) in [6.07, 6.45) is 0.435. The summed E-state index contributed by atoms with van der Waals surface area (Å²) in [6.45, 7) is 0.767. The number of anilines is 1. The fourth-order valence-electron chi connectivity index (χ4n) is 1.85. The molecule has 1 N–H and O–H groups in total. The number of nitrogens with one attached hydrogen (secondary N) is 1. The maximum atomic E-state index is 8.62. The lowest BCUT2D eigenvalue weighted by atomic mass is 10.1. The van der Waals surface area contributed by atoms with Gasteiger partial charge in [-0.3, -0.25) is 0 Å². The second-order valence-corrected chi connectivity index (χ2v) is 4.48. The van der Waals surface area contributed by atoms with Gasteiger partial charge in [-0.2, -0.15) is 10.5 Å². The highest BCUT2D eigenvalue weighted by molar-refractivity contribution is 5.45. The van der Waals surface area contributed by atoms with Crippen LogP contribution in [0.4, 0.5) is 5.69 Å². The molecule has 0 heterocycles. The molecule has 0 radical (unpaired) electrons. The minimum absolute atomic E-state index is 0.0621. The van der Waals surface area contributed by atoms with E-state index in [-0.39, 0.29) is 6.61 Å². The largest absolute Gasteiger partial charge is 0.479 e. The molecular weight excluding hydrogens is 262 g/mol. The number of ether oxygens (including phenoxy) is 1. The predicted octanol–water partition coefficient (Wildman–Crippen LogP) is 3.27. The molecule has 0 fully saturated rings. The van der Waals surface area contributed by atoms with Gasteiger partial charge >= 0.3 is 0 Å². The maximum absolute atomic E-state index is 8.62. The molecule has 21 heavy (non-hydrogen) atoms. The van der Waals surface area contributed by atoms with Crippen LogP contribution in [-0.2, 0) is 13.0 Å². The van der Waals surface area contributed by atoms with Crippen molar-refractivity contribution in [1.29, 1.82) is 10.5 Å². The lowest BCUT2D eigenvalue weighted by Crippen LogP contribution is -2.00. The van der Waals surface area contributed by atoms with E-state index in [1.807, 2.05) is 54.6 Å². The van der Waals surface area contributed by atoms with Crippen LogP contribution < -0.4 is 10.1 Å². The first-order valence-electron chi connectivity index (χ1n) is 6.60. The molecule has 0 atom stereocenters. The average Bonchev–Trinajstić information content (AvgIpc) is 2.53. The Morgan fingerprint density at radius 2 is 1.52 bits per heavy atom. The van der Waals surface area contributed by atoms with Gasteiger partial charge in [0, 0.05) is 12.2 Å². The summed E-state index contributed by atoms with van der Waals surface area (Å²) in [5.41, 5.74) is 3.16. The van der Waals surface area contributed by atoms with Gasteiger partial charge in [0.05, 0.1) is 12.5 Å². The first kappa shape index (κ1) is 14.4. The van der Waals surface area contributed by atoms with Crippen LogP contribution in [0.25, 0.3) is 0 Å². The van der Waals surface area contributed by atoms with Crippen molar-refractivity contribution in [2.75, 3.05) is 11.9 Å². The van der Waals surface area contributed by atoms with Crippen LogP contribution in [0.1, 0.15) is 11.1 Å². The second-order valence-electron chi connectivity index (χ2n) is 4.48. The summed E-state index contributed by atoms with van der Waals surface area (Å²) >= 11 is 0. The zero-order valence-corrected chi connectivity index (χ0v) is 11.5. The number of benzene rings is 2. The predicted molar refractivity (Wildman–Crippen MR) is 80.6 cm³/mol.